The normalized spacial score (nSPS) is 14.1. The largest absolute Gasteiger partial charge is 0.344 e. The lowest BCUT2D eigenvalue weighted by Gasteiger charge is -2.17. The molecule has 4 rings (SSSR count). The van der Waals surface area contributed by atoms with Gasteiger partial charge in [0, 0.05) is 42.7 Å². The lowest BCUT2D eigenvalue weighted by molar-refractivity contribution is 0.575. The van der Waals surface area contributed by atoms with Crippen LogP contribution in [-0.4, -0.2) is 11.1 Å². The first-order valence-corrected chi connectivity index (χ1v) is 8.85. The van der Waals surface area contributed by atoms with Gasteiger partial charge < -0.3 is 9.88 Å². The number of aryl methyl sites for hydroxylation is 3. The van der Waals surface area contributed by atoms with E-state index in [9.17, 15) is 4.39 Å². The fourth-order valence-corrected chi connectivity index (χ4v) is 3.84. The van der Waals surface area contributed by atoms with Crippen LogP contribution >= 0.6 is 0 Å². The number of benzene rings is 2. The van der Waals surface area contributed by atoms with E-state index < -0.39 is 0 Å². The summed E-state index contributed by atoms with van der Waals surface area (Å²) in [7, 11) is 0. The van der Waals surface area contributed by atoms with Crippen molar-refractivity contribution >= 4 is 10.9 Å². The summed E-state index contributed by atoms with van der Waals surface area (Å²) in [5, 5.41) is 4.86. The molecule has 2 nitrogen and oxygen atoms in total. The van der Waals surface area contributed by atoms with Crippen LogP contribution in [0.25, 0.3) is 10.9 Å². The summed E-state index contributed by atoms with van der Waals surface area (Å²) in [4.78, 5) is 0. The summed E-state index contributed by atoms with van der Waals surface area (Å²) in [6.07, 6.45) is 2.83. The molecule has 1 aliphatic rings. The van der Waals surface area contributed by atoms with Crippen LogP contribution in [0.2, 0.25) is 0 Å². The molecule has 1 N–H and O–H groups in total. The zero-order valence-electron chi connectivity index (χ0n) is 14.1. The smallest absolute Gasteiger partial charge is 0.126 e. The topological polar surface area (TPSA) is 17.0 Å². The summed E-state index contributed by atoms with van der Waals surface area (Å²) in [5.41, 5.74) is 6.32. The number of nitrogens with zero attached hydrogens (tertiary/aromatic N) is 1. The lowest BCUT2D eigenvalue weighted by Crippen LogP contribution is -2.24. The summed E-state index contributed by atoms with van der Waals surface area (Å²) in [5.74, 6) is -0.0993. The van der Waals surface area contributed by atoms with E-state index in [4.69, 9.17) is 0 Å². The molecule has 1 aromatic heterocycles. The minimum Gasteiger partial charge on any atom is -0.344 e. The van der Waals surface area contributed by atoms with E-state index >= 15 is 0 Å². The fourth-order valence-electron chi connectivity index (χ4n) is 3.84. The van der Waals surface area contributed by atoms with E-state index in [1.807, 2.05) is 12.1 Å². The van der Waals surface area contributed by atoms with E-state index in [-0.39, 0.29) is 5.82 Å². The van der Waals surface area contributed by atoms with Crippen LogP contribution in [0.3, 0.4) is 0 Å². The average Bonchev–Trinajstić information content (AvgIpc) is 2.94. The van der Waals surface area contributed by atoms with Gasteiger partial charge in [-0.3, -0.25) is 0 Å². The molecule has 2 aromatic carbocycles. The Bertz CT molecular complexity index is 879. The zero-order chi connectivity index (χ0) is 16.5. The quantitative estimate of drug-likeness (QED) is 0.760. The number of hydrogen-bond acceptors (Lipinski definition) is 1. The molecule has 0 amide bonds. The van der Waals surface area contributed by atoms with Crippen molar-refractivity contribution in [3.63, 3.8) is 0 Å². The Morgan fingerprint density at radius 2 is 2.04 bits per heavy atom. The van der Waals surface area contributed by atoms with Gasteiger partial charge in [0.25, 0.3) is 0 Å². The van der Waals surface area contributed by atoms with E-state index in [1.54, 1.807) is 12.1 Å². The molecule has 0 bridgehead atoms. The van der Waals surface area contributed by atoms with Gasteiger partial charge in [-0.25, -0.2) is 4.39 Å². The number of halogens is 1. The van der Waals surface area contributed by atoms with Gasteiger partial charge in [0.15, 0.2) is 0 Å². The van der Waals surface area contributed by atoms with Crippen molar-refractivity contribution < 1.29 is 4.39 Å². The first kappa shape index (κ1) is 15.4. The first-order valence-electron chi connectivity index (χ1n) is 8.85. The number of nitrogens with one attached hydrogen (secondary N) is 1. The SMILES string of the molecule is CCc1ccc2c(c1)c1c(n2CCc2ccccc2F)CCNC1. The van der Waals surface area contributed by atoms with Crippen molar-refractivity contribution in [3.05, 3.63) is 70.7 Å². The Kier molecular flexibility index (Phi) is 4.11. The molecule has 0 saturated carbocycles. The Morgan fingerprint density at radius 1 is 1.17 bits per heavy atom. The molecule has 24 heavy (non-hydrogen) atoms. The Balaban J connectivity index is 1.75. The highest BCUT2D eigenvalue weighted by molar-refractivity contribution is 5.86. The number of hydrogen-bond donors (Lipinski definition) is 1. The Morgan fingerprint density at radius 3 is 2.88 bits per heavy atom. The van der Waals surface area contributed by atoms with Gasteiger partial charge in [-0.1, -0.05) is 31.2 Å². The molecule has 0 radical (unpaired) electrons. The van der Waals surface area contributed by atoms with Crippen LogP contribution < -0.4 is 5.32 Å². The molecule has 0 aliphatic carbocycles. The highest BCUT2D eigenvalue weighted by Crippen LogP contribution is 2.30. The van der Waals surface area contributed by atoms with Gasteiger partial charge in [-0.15, -0.1) is 0 Å². The highest BCUT2D eigenvalue weighted by Gasteiger charge is 2.20. The van der Waals surface area contributed by atoms with Gasteiger partial charge in [0.2, 0.25) is 0 Å². The maximum absolute atomic E-state index is 14.0. The zero-order valence-corrected chi connectivity index (χ0v) is 14.1. The van der Waals surface area contributed by atoms with Gasteiger partial charge in [-0.05, 0) is 47.7 Å². The van der Waals surface area contributed by atoms with E-state index in [0.29, 0.717) is 0 Å². The third-order valence-corrected chi connectivity index (χ3v) is 5.16. The van der Waals surface area contributed by atoms with Gasteiger partial charge >= 0.3 is 0 Å². The van der Waals surface area contributed by atoms with E-state index in [1.165, 1.54) is 27.7 Å². The maximum Gasteiger partial charge on any atom is 0.126 e. The molecule has 1 aliphatic heterocycles. The third kappa shape index (κ3) is 2.63. The van der Waals surface area contributed by atoms with Gasteiger partial charge in [0.05, 0.1) is 0 Å². The van der Waals surface area contributed by atoms with Gasteiger partial charge in [-0.2, -0.15) is 0 Å². The average molecular weight is 322 g/mol. The molecule has 0 atom stereocenters. The molecule has 0 fully saturated rings. The molecular weight excluding hydrogens is 299 g/mol. The number of fused-ring (bicyclic) bond motifs is 3. The van der Waals surface area contributed by atoms with Crippen LogP contribution in [0.15, 0.2) is 42.5 Å². The Hall–Kier alpha value is -2.13. The monoisotopic (exact) mass is 322 g/mol. The minimum atomic E-state index is -0.0993. The lowest BCUT2D eigenvalue weighted by atomic mass is 10.0. The van der Waals surface area contributed by atoms with Crippen molar-refractivity contribution in [2.24, 2.45) is 0 Å². The first-order chi connectivity index (χ1) is 11.8. The summed E-state index contributed by atoms with van der Waals surface area (Å²) < 4.78 is 16.4. The van der Waals surface area contributed by atoms with Crippen LogP contribution in [-0.2, 0) is 32.4 Å². The van der Waals surface area contributed by atoms with Crippen LogP contribution in [0.4, 0.5) is 4.39 Å². The maximum atomic E-state index is 14.0. The fraction of sp³-hybridized carbons (Fsp3) is 0.333. The van der Waals surface area contributed by atoms with Crippen LogP contribution in [0.1, 0.15) is 29.3 Å². The van der Waals surface area contributed by atoms with Crippen LogP contribution in [0, 0.1) is 5.82 Å². The third-order valence-electron chi connectivity index (χ3n) is 5.16. The molecular formula is C21H23FN2. The highest BCUT2D eigenvalue weighted by atomic mass is 19.1. The number of rotatable bonds is 4. The second-order valence-corrected chi connectivity index (χ2v) is 6.55. The molecule has 3 heteroatoms. The van der Waals surface area contributed by atoms with Crippen molar-refractivity contribution in [1.82, 2.24) is 9.88 Å². The molecule has 0 saturated heterocycles. The van der Waals surface area contributed by atoms with Crippen molar-refractivity contribution in [2.45, 2.75) is 39.3 Å². The minimum absolute atomic E-state index is 0.0993. The van der Waals surface area contributed by atoms with Crippen molar-refractivity contribution in [3.8, 4) is 0 Å². The van der Waals surface area contributed by atoms with Crippen LogP contribution in [0.5, 0.6) is 0 Å². The van der Waals surface area contributed by atoms with Gasteiger partial charge in [0.1, 0.15) is 5.82 Å². The van der Waals surface area contributed by atoms with E-state index in [0.717, 1.165) is 44.5 Å². The van der Waals surface area contributed by atoms with Crippen molar-refractivity contribution in [2.75, 3.05) is 6.54 Å². The summed E-state index contributed by atoms with van der Waals surface area (Å²) in [6.45, 7) is 4.98. The molecule has 2 heterocycles. The summed E-state index contributed by atoms with van der Waals surface area (Å²) in [6, 6.07) is 13.9. The second kappa shape index (κ2) is 6.40. The standard InChI is InChI=1S/C21H23FN2/c1-2-15-7-8-20-17(13-15)18-14-23-11-9-21(18)24(20)12-10-16-5-3-4-6-19(16)22/h3-8,13,23H,2,9-12,14H2,1H3. The number of aromatic nitrogens is 1. The Labute approximate surface area is 142 Å². The molecule has 124 valence electrons. The second-order valence-electron chi connectivity index (χ2n) is 6.55. The van der Waals surface area contributed by atoms with E-state index in [2.05, 4.69) is 35.0 Å². The summed E-state index contributed by atoms with van der Waals surface area (Å²) >= 11 is 0. The van der Waals surface area contributed by atoms with Crippen molar-refractivity contribution in [1.29, 1.82) is 0 Å². The predicted octanol–water partition coefficient (Wildman–Crippen LogP) is 4.23. The molecule has 0 spiro atoms. The predicted molar refractivity (Wildman–Crippen MR) is 96.8 cm³/mol. The molecule has 3 aromatic rings. The molecule has 0 unspecified atom stereocenters.